The maximum Gasteiger partial charge on any atom is 0.270 e. The van der Waals surface area contributed by atoms with Crippen LogP contribution in [-0.4, -0.2) is 35.9 Å². The number of nitrogens with one attached hydrogen (secondary N) is 1. The zero-order valence-electron chi connectivity index (χ0n) is 17.2. The normalized spacial score (nSPS) is 12.3. The van der Waals surface area contributed by atoms with Crippen LogP contribution in [0.1, 0.15) is 54.0 Å². The van der Waals surface area contributed by atoms with E-state index < -0.39 is 5.41 Å². The standard InChI is InChI=1S/C21H32N2O3/c1-14(2)23(15(3)4)19(24)18(22-20(25)21(5,6)7)13-16-9-11-17(26-8)12-10-16/h9-15H,1-8H3,(H,22,25)/b18-13+. The van der Waals surface area contributed by atoms with E-state index in [1.807, 2.05) is 72.7 Å². The van der Waals surface area contributed by atoms with Gasteiger partial charge in [-0.2, -0.15) is 0 Å². The number of ether oxygens (including phenoxy) is 1. The van der Waals surface area contributed by atoms with E-state index in [0.29, 0.717) is 0 Å². The Morgan fingerprint density at radius 1 is 1.04 bits per heavy atom. The molecule has 5 nitrogen and oxygen atoms in total. The molecule has 1 N–H and O–H groups in total. The lowest BCUT2D eigenvalue weighted by Gasteiger charge is -2.32. The van der Waals surface area contributed by atoms with Crippen LogP contribution >= 0.6 is 0 Å². The Labute approximate surface area is 157 Å². The molecule has 0 saturated heterocycles. The van der Waals surface area contributed by atoms with Crippen molar-refractivity contribution in [2.45, 2.75) is 60.5 Å². The van der Waals surface area contributed by atoms with Crippen molar-refractivity contribution in [3.8, 4) is 5.75 Å². The molecule has 0 bridgehead atoms. The van der Waals surface area contributed by atoms with Gasteiger partial charge in [0.15, 0.2) is 0 Å². The number of amides is 2. The molecule has 144 valence electrons. The lowest BCUT2D eigenvalue weighted by molar-refractivity contribution is -0.134. The molecule has 0 aliphatic heterocycles. The van der Waals surface area contributed by atoms with Crippen molar-refractivity contribution in [2.75, 3.05) is 7.11 Å². The van der Waals surface area contributed by atoms with Crippen LogP contribution in [0.25, 0.3) is 6.08 Å². The van der Waals surface area contributed by atoms with E-state index in [1.54, 1.807) is 18.1 Å². The molecule has 0 spiro atoms. The summed E-state index contributed by atoms with van der Waals surface area (Å²) in [6.45, 7) is 13.3. The smallest absolute Gasteiger partial charge is 0.270 e. The first-order valence-electron chi connectivity index (χ1n) is 8.97. The molecule has 0 aliphatic rings. The van der Waals surface area contributed by atoms with Gasteiger partial charge < -0.3 is 15.0 Å². The molecule has 1 rings (SSSR count). The topological polar surface area (TPSA) is 58.6 Å². The van der Waals surface area contributed by atoms with Gasteiger partial charge in [0, 0.05) is 17.5 Å². The van der Waals surface area contributed by atoms with Gasteiger partial charge in [0.2, 0.25) is 5.91 Å². The van der Waals surface area contributed by atoms with Gasteiger partial charge in [0.1, 0.15) is 11.4 Å². The number of hydrogen-bond acceptors (Lipinski definition) is 3. The Morgan fingerprint density at radius 2 is 1.54 bits per heavy atom. The second kappa shape index (κ2) is 8.88. The third-order valence-corrected chi connectivity index (χ3v) is 3.93. The van der Waals surface area contributed by atoms with Crippen molar-refractivity contribution >= 4 is 17.9 Å². The number of carbonyl (C=O) groups excluding carboxylic acids is 2. The van der Waals surface area contributed by atoms with Gasteiger partial charge in [0.05, 0.1) is 7.11 Å². The van der Waals surface area contributed by atoms with Gasteiger partial charge in [-0.05, 0) is 51.5 Å². The SMILES string of the molecule is COc1ccc(/C=C(/NC(=O)C(C)(C)C)C(=O)N(C(C)C)C(C)C)cc1. The van der Waals surface area contributed by atoms with Crippen LogP contribution in [-0.2, 0) is 9.59 Å². The summed E-state index contributed by atoms with van der Waals surface area (Å²) in [4.78, 5) is 27.4. The van der Waals surface area contributed by atoms with Crippen LogP contribution in [0, 0.1) is 5.41 Å². The molecule has 0 unspecified atom stereocenters. The lowest BCUT2D eigenvalue weighted by Crippen LogP contribution is -2.47. The molecule has 2 amide bonds. The van der Waals surface area contributed by atoms with Crippen molar-refractivity contribution < 1.29 is 14.3 Å². The Hall–Kier alpha value is -2.30. The maximum absolute atomic E-state index is 13.1. The van der Waals surface area contributed by atoms with Crippen LogP contribution in [0.5, 0.6) is 5.75 Å². The molecule has 0 atom stereocenters. The molecule has 26 heavy (non-hydrogen) atoms. The summed E-state index contributed by atoms with van der Waals surface area (Å²) in [5.74, 6) is 0.348. The molecule has 0 radical (unpaired) electrons. The predicted molar refractivity (Wildman–Crippen MR) is 106 cm³/mol. The Bertz CT molecular complexity index is 645. The van der Waals surface area contributed by atoms with Crippen LogP contribution in [0.4, 0.5) is 0 Å². The Morgan fingerprint density at radius 3 is 1.92 bits per heavy atom. The van der Waals surface area contributed by atoms with Crippen molar-refractivity contribution in [2.24, 2.45) is 5.41 Å². The van der Waals surface area contributed by atoms with E-state index in [4.69, 9.17) is 4.74 Å². The molecule has 1 aromatic carbocycles. The van der Waals surface area contributed by atoms with Crippen LogP contribution in [0.2, 0.25) is 0 Å². The van der Waals surface area contributed by atoms with E-state index in [0.717, 1.165) is 11.3 Å². The lowest BCUT2D eigenvalue weighted by atomic mass is 9.95. The van der Waals surface area contributed by atoms with E-state index in [2.05, 4.69) is 5.32 Å². The molecule has 1 aromatic rings. The quantitative estimate of drug-likeness (QED) is 0.784. The van der Waals surface area contributed by atoms with E-state index in [-0.39, 0.29) is 29.6 Å². The highest BCUT2D eigenvalue weighted by molar-refractivity contribution is 6.02. The maximum atomic E-state index is 13.1. The van der Waals surface area contributed by atoms with Gasteiger partial charge >= 0.3 is 0 Å². The summed E-state index contributed by atoms with van der Waals surface area (Å²) in [6.07, 6.45) is 1.71. The van der Waals surface area contributed by atoms with Gasteiger partial charge in [-0.25, -0.2) is 0 Å². The van der Waals surface area contributed by atoms with E-state index in [1.165, 1.54) is 0 Å². The van der Waals surface area contributed by atoms with Crippen molar-refractivity contribution in [3.05, 3.63) is 35.5 Å². The average molecular weight is 360 g/mol. The molecule has 5 heteroatoms. The van der Waals surface area contributed by atoms with E-state index in [9.17, 15) is 9.59 Å². The Kier molecular flexibility index (Phi) is 7.42. The summed E-state index contributed by atoms with van der Waals surface area (Å²) in [6, 6.07) is 7.39. The molecule has 0 heterocycles. The fourth-order valence-corrected chi connectivity index (χ4v) is 2.53. The summed E-state index contributed by atoms with van der Waals surface area (Å²) >= 11 is 0. The first-order chi connectivity index (χ1) is 12.0. The number of benzene rings is 1. The minimum absolute atomic E-state index is 0.0216. The molecular weight excluding hydrogens is 328 g/mol. The summed E-state index contributed by atoms with van der Waals surface area (Å²) in [7, 11) is 1.60. The molecular formula is C21H32N2O3. The second-order valence-electron chi connectivity index (χ2n) is 7.94. The third kappa shape index (κ3) is 5.90. The minimum atomic E-state index is -0.597. The molecule has 0 aliphatic carbocycles. The minimum Gasteiger partial charge on any atom is -0.497 e. The van der Waals surface area contributed by atoms with Crippen LogP contribution < -0.4 is 10.1 Å². The number of hydrogen-bond donors (Lipinski definition) is 1. The molecule has 0 fully saturated rings. The summed E-state index contributed by atoms with van der Waals surface area (Å²) in [5.41, 5.74) is 0.494. The van der Waals surface area contributed by atoms with Crippen molar-refractivity contribution in [1.82, 2.24) is 10.2 Å². The summed E-state index contributed by atoms with van der Waals surface area (Å²) < 4.78 is 5.17. The monoisotopic (exact) mass is 360 g/mol. The van der Waals surface area contributed by atoms with Gasteiger partial charge in [-0.1, -0.05) is 32.9 Å². The third-order valence-electron chi connectivity index (χ3n) is 3.93. The van der Waals surface area contributed by atoms with Gasteiger partial charge in [-0.15, -0.1) is 0 Å². The molecule has 0 saturated carbocycles. The van der Waals surface area contributed by atoms with Crippen LogP contribution in [0.3, 0.4) is 0 Å². The zero-order valence-corrected chi connectivity index (χ0v) is 17.2. The largest absolute Gasteiger partial charge is 0.497 e. The fourth-order valence-electron chi connectivity index (χ4n) is 2.53. The van der Waals surface area contributed by atoms with E-state index >= 15 is 0 Å². The highest BCUT2D eigenvalue weighted by Gasteiger charge is 2.28. The predicted octanol–water partition coefficient (Wildman–Crippen LogP) is 3.84. The molecule has 0 aromatic heterocycles. The van der Waals surface area contributed by atoms with Gasteiger partial charge in [0.25, 0.3) is 5.91 Å². The van der Waals surface area contributed by atoms with Crippen LogP contribution in [0.15, 0.2) is 30.0 Å². The average Bonchev–Trinajstić information content (AvgIpc) is 2.53. The highest BCUT2D eigenvalue weighted by atomic mass is 16.5. The number of carbonyl (C=O) groups is 2. The number of rotatable bonds is 6. The number of nitrogens with zero attached hydrogens (tertiary/aromatic N) is 1. The first kappa shape index (κ1) is 21.7. The highest BCUT2D eigenvalue weighted by Crippen LogP contribution is 2.19. The fraction of sp³-hybridized carbons (Fsp3) is 0.524. The van der Waals surface area contributed by atoms with Crippen molar-refractivity contribution in [1.29, 1.82) is 0 Å². The number of methoxy groups -OCH3 is 1. The van der Waals surface area contributed by atoms with Crippen molar-refractivity contribution in [3.63, 3.8) is 0 Å². The first-order valence-corrected chi connectivity index (χ1v) is 8.97. The summed E-state index contributed by atoms with van der Waals surface area (Å²) in [5, 5.41) is 2.82. The van der Waals surface area contributed by atoms with Gasteiger partial charge in [-0.3, -0.25) is 9.59 Å². The zero-order chi connectivity index (χ0) is 20.1. The second-order valence-corrected chi connectivity index (χ2v) is 7.94. The Balaban J connectivity index is 3.29.